The Morgan fingerprint density at radius 2 is 1.44 bits per heavy atom. The molecule has 34 heavy (non-hydrogen) atoms. The topological polar surface area (TPSA) is 55.8 Å². The SMILES string of the molecule is CCCOc1ccc(C2C3=C(CC(C)(C)CC3=O)N(CC)C3=C2C(=O)CC(C)(C)C3)cc1OC. The second-order valence-corrected chi connectivity index (χ2v) is 11.5. The van der Waals surface area contributed by atoms with Crippen LogP contribution in [-0.2, 0) is 9.59 Å². The van der Waals surface area contributed by atoms with Crippen molar-refractivity contribution < 1.29 is 19.1 Å². The zero-order valence-corrected chi connectivity index (χ0v) is 21.8. The van der Waals surface area contributed by atoms with Crippen LogP contribution in [0.3, 0.4) is 0 Å². The number of nitrogens with zero attached hydrogens (tertiary/aromatic N) is 1. The van der Waals surface area contributed by atoms with E-state index in [1.807, 2.05) is 18.2 Å². The molecule has 0 fully saturated rings. The molecule has 1 aliphatic heterocycles. The highest BCUT2D eigenvalue weighted by Gasteiger charge is 2.48. The fourth-order valence-electron chi connectivity index (χ4n) is 5.96. The highest BCUT2D eigenvalue weighted by atomic mass is 16.5. The van der Waals surface area contributed by atoms with Crippen molar-refractivity contribution in [3.63, 3.8) is 0 Å². The van der Waals surface area contributed by atoms with E-state index in [0.717, 1.165) is 53.9 Å². The molecule has 4 rings (SSSR count). The standard InChI is InChI=1S/C29H39NO4/c1-8-12-34-23-11-10-18(13-24(23)33-7)25-26-19(14-28(3,4)16-21(26)31)30(9-2)20-15-29(5,6)17-22(32)27(20)25/h10-11,13,25H,8-9,12,14-17H2,1-7H3. The number of ketones is 2. The number of hydrogen-bond acceptors (Lipinski definition) is 5. The van der Waals surface area contributed by atoms with Crippen molar-refractivity contribution in [2.24, 2.45) is 10.8 Å². The molecule has 0 atom stereocenters. The lowest BCUT2D eigenvalue weighted by atomic mass is 9.63. The van der Waals surface area contributed by atoms with Crippen LogP contribution >= 0.6 is 0 Å². The maximum Gasteiger partial charge on any atom is 0.162 e. The van der Waals surface area contributed by atoms with Crippen LogP contribution in [-0.4, -0.2) is 36.7 Å². The first-order chi connectivity index (χ1) is 16.0. The van der Waals surface area contributed by atoms with Gasteiger partial charge in [0, 0.05) is 47.8 Å². The number of Topliss-reactive ketones (excluding diaryl/α,β-unsaturated/α-hetero) is 2. The number of ether oxygens (including phenoxy) is 2. The monoisotopic (exact) mass is 465 g/mol. The number of methoxy groups -OCH3 is 1. The van der Waals surface area contributed by atoms with Gasteiger partial charge in [-0.15, -0.1) is 0 Å². The highest BCUT2D eigenvalue weighted by Crippen LogP contribution is 2.54. The Labute approximate surface area is 204 Å². The molecule has 0 N–H and O–H groups in total. The third-order valence-electron chi connectivity index (χ3n) is 7.32. The molecule has 1 aromatic rings. The minimum Gasteiger partial charge on any atom is -0.493 e. The van der Waals surface area contributed by atoms with Gasteiger partial charge >= 0.3 is 0 Å². The third kappa shape index (κ3) is 4.30. The Bertz CT molecular complexity index is 1020. The molecule has 0 amide bonds. The lowest BCUT2D eigenvalue weighted by Crippen LogP contribution is -2.44. The van der Waals surface area contributed by atoms with E-state index in [0.29, 0.717) is 30.9 Å². The quantitative estimate of drug-likeness (QED) is 0.501. The lowest BCUT2D eigenvalue weighted by Gasteiger charge is -2.48. The fourth-order valence-corrected chi connectivity index (χ4v) is 5.96. The Balaban J connectivity index is 1.94. The Kier molecular flexibility index (Phi) is 6.43. The van der Waals surface area contributed by atoms with Crippen LogP contribution in [0.15, 0.2) is 40.7 Å². The summed E-state index contributed by atoms with van der Waals surface area (Å²) in [7, 11) is 1.63. The van der Waals surface area contributed by atoms with Crippen molar-refractivity contribution in [2.45, 2.75) is 79.6 Å². The number of carbonyl (C=O) groups excluding carboxylic acids is 2. The fraction of sp³-hybridized carbons (Fsp3) is 0.586. The van der Waals surface area contributed by atoms with E-state index in [2.05, 4.69) is 46.4 Å². The molecule has 5 heteroatoms. The summed E-state index contributed by atoms with van der Waals surface area (Å²) in [6, 6.07) is 5.90. The minimum absolute atomic E-state index is 0.102. The number of allylic oxidation sites excluding steroid dienone is 4. The first-order valence-corrected chi connectivity index (χ1v) is 12.6. The molecule has 1 aromatic carbocycles. The van der Waals surface area contributed by atoms with E-state index in [1.165, 1.54) is 0 Å². The summed E-state index contributed by atoms with van der Waals surface area (Å²) in [5, 5.41) is 0. The van der Waals surface area contributed by atoms with Crippen LogP contribution in [0.1, 0.15) is 85.1 Å². The van der Waals surface area contributed by atoms with Crippen molar-refractivity contribution in [1.82, 2.24) is 4.90 Å². The van der Waals surface area contributed by atoms with Crippen LogP contribution < -0.4 is 9.47 Å². The number of benzene rings is 1. The molecular weight excluding hydrogens is 426 g/mol. The zero-order valence-electron chi connectivity index (χ0n) is 21.8. The third-order valence-corrected chi connectivity index (χ3v) is 7.32. The van der Waals surface area contributed by atoms with Gasteiger partial charge in [0.25, 0.3) is 0 Å². The molecule has 0 saturated heterocycles. The molecule has 5 nitrogen and oxygen atoms in total. The first kappa shape index (κ1) is 24.6. The van der Waals surface area contributed by atoms with Gasteiger partial charge < -0.3 is 14.4 Å². The Hall–Kier alpha value is -2.56. The van der Waals surface area contributed by atoms with Crippen molar-refractivity contribution in [3.05, 3.63) is 46.3 Å². The molecule has 0 aromatic heterocycles. The van der Waals surface area contributed by atoms with Crippen LogP contribution in [0.2, 0.25) is 0 Å². The van der Waals surface area contributed by atoms with Gasteiger partial charge in [0.15, 0.2) is 23.1 Å². The van der Waals surface area contributed by atoms with E-state index in [-0.39, 0.29) is 28.3 Å². The molecule has 184 valence electrons. The van der Waals surface area contributed by atoms with Crippen molar-refractivity contribution in [3.8, 4) is 11.5 Å². The van der Waals surface area contributed by atoms with Gasteiger partial charge in [-0.1, -0.05) is 40.7 Å². The molecule has 0 radical (unpaired) electrons. The molecule has 0 saturated carbocycles. The van der Waals surface area contributed by atoms with Gasteiger partial charge in [0.1, 0.15) is 0 Å². The van der Waals surface area contributed by atoms with E-state index in [9.17, 15) is 9.59 Å². The number of hydrogen-bond donors (Lipinski definition) is 0. The minimum atomic E-state index is -0.353. The van der Waals surface area contributed by atoms with Gasteiger partial charge in [0.05, 0.1) is 13.7 Å². The summed E-state index contributed by atoms with van der Waals surface area (Å²) in [6.07, 6.45) is 3.56. The van der Waals surface area contributed by atoms with Crippen molar-refractivity contribution in [1.29, 1.82) is 0 Å². The normalized spacial score (nSPS) is 22.0. The van der Waals surface area contributed by atoms with Crippen LogP contribution in [0.5, 0.6) is 11.5 Å². The Morgan fingerprint density at radius 3 is 1.91 bits per heavy atom. The maximum atomic E-state index is 13.7. The zero-order chi connectivity index (χ0) is 24.8. The van der Waals surface area contributed by atoms with Gasteiger partial charge in [0.2, 0.25) is 0 Å². The molecule has 0 spiro atoms. The molecular formula is C29H39NO4. The average Bonchev–Trinajstić information content (AvgIpc) is 2.74. The maximum absolute atomic E-state index is 13.7. The lowest BCUT2D eigenvalue weighted by molar-refractivity contribution is -0.119. The largest absolute Gasteiger partial charge is 0.493 e. The van der Waals surface area contributed by atoms with Gasteiger partial charge in [-0.25, -0.2) is 0 Å². The van der Waals surface area contributed by atoms with Gasteiger partial charge in [-0.3, -0.25) is 9.59 Å². The number of rotatable bonds is 6. The summed E-state index contributed by atoms with van der Waals surface area (Å²) in [6.45, 7) is 14.2. The molecule has 0 bridgehead atoms. The van der Waals surface area contributed by atoms with Crippen LogP contribution in [0.4, 0.5) is 0 Å². The average molecular weight is 466 g/mol. The summed E-state index contributed by atoms with van der Waals surface area (Å²) in [4.78, 5) is 29.7. The Morgan fingerprint density at radius 1 is 0.882 bits per heavy atom. The summed E-state index contributed by atoms with van der Waals surface area (Å²) in [5.74, 6) is 1.29. The van der Waals surface area contributed by atoms with Gasteiger partial charge in [-0.2, -0.15) is 0 Å². The predicted molar refractivity (Wildman–Crippen MR) is 134 cm³/mol. The van der Waals surface area contributed by atoms with E-state index in [4.69, 9.17) is 9.47 Å². The highest BCUT2D eigenvalue weighted by molar-refractivity contribution is 6.06. The molecule has 1 heterocycles. The van der Waals surface area contributed by atoms with Crippen LogP contribution in [0.25, 0.3) is 0 Å². The van der Waals surface area contributed by atoms with Crippen molar-refractivity contribution in [2.75, 3.05) is 20.3 Å². The van der Waals surface area contributed by atoms with Crippen molar-refractivity contribution >= 4 is 11.6 Å². The molecule has 0 unspecified atom stereocenters. The summed E-state index contributed by atoms with van der Waals surface area (Å²) < 4.78 is 11.5. The van der Waals surface area contributed by atoms with Crippen LogP contribution in [0, 0.1) is 10.8 Å². The molecule has 2 aliphatic carbocycles. The smallest absolute Gasteiger partial charge is 0.162 e. The second-order valence-electron chi connectivity index (χ2n) is 11.5. The van der Waals surface area contributed by atoms with E-state index < -0.39 is 0 Å². The second kappa shape index (κ2) is 8.90. The summed E-state index contributed by atoms with van der Waals surface area (Å²) >= 11 is 0. The first-order valence-electron chi connectivity index (χ1n) is 12.6. The van der Waals surface area contributed by atoms with E-state index >= 15 is 0 Å². The number of carbonyl (C=O) groups is 2. The summed E-state index contributed by atoms with van der Waals surface area (Å²) in [5.41, 5.74) is 4.53. The van der Waals surface area contributed by atoms with Gasteiger partial charge in [-0.05, 0) is 54.7 Å². The predicted octanol–water partition coefficient (Wildman–Crippen LogP) is 6.19. The van der Waals surface area contributed by atoms with E-state index in [1.54, 1.807) is 7.11 Å². The molecule has 3 aliphatic rings.